The largest absolute Gasteiger partial charge is 0.334 e. The maximum atomic E-state index is 11.6. The van der Waals surface area contributed by atoms with Crippen LogP contribution in [0.5, 0.6) is 0 Å². The molecule has 8 nitrogen and oxygen atoms in total. The fourth-order valence-electron chi connectivity index (χ4n) is 0.984. The van der Waals surface area contributed by atoms with Gasteiger partial charge in [0.25, 0.3) is 15.6 Å². The summed E-state index contributed by atoms with van der Waals surface area (Å²) in [6, 6.07) is 2.42. The van der Waals surface area contributed by atoms with E-state index in [1.165, 1.54) is 12.4 Å². The lowest BCUT2D eigenvalue weighted by Crippen LogP contribution is -2.16. The second-order valence-electron chi connectivity index (χ2n) is 2.83. The minimum absolute atomic E-state index is 0.0224. The number of imidazole rings is 1. The number of rotatable bonds is 3. The van der Waals surface area contributed by atoms with Gasteiger partial charge in [-0.2, -0.15) is 13.5 Å². The predicted molar refractivity (Wildman–Crippen MR) is 54.3 cm³/mol. The molecule has 0 aliphatic heterocycles. The number of nitrogens with one attached hydrogen (secondary N) is 3. The highest BCUT2D eigenvalue weighted by Crippen LogP contribution is 2.08. The molecule has 0 aromatic carbocycles. The number of aromatic amines is 2. The van der Waals surface area contributed by atoms with Crippen LogP contribution in [0.3, 0.4) is 0 Å². The Morgan fingerprint density at radius 3 is 2.69 bits per heavy atom. The van der Waals surface area contributed by atoms with E-state index in [1.54, 1.807) is 0 Å². The van der Waals surface area contributed by atoms with Gasteiger partial charge in [0, 0.05) is 6.07 Å². The molecule has 0 spiro atoms. The molecule has 2 rings (SSSR count). The normalized spacial score (nSPS) is 11.2. The minimum Gasteiger partial charge on any atom is -0.334 e. The van der Waals surface area contributed by atoms with Crippen molar-refractivity contribution in [3.8, 4) is 0 Å². The molecule has 0 fully saturated rings. The van der Waals surface area contributed by atoms with Gasteiger partial charge in [0.1, 0.15) is 0 Å². The van der Waals surface area contributed by atoms with Gasteiger partial charge in [-0.3, -0.25) is 9.52 Å². The van der Waals surface area contributed by atoms with E-state index in [4.69, 9.17) is 0 Å². The van der Waals surface area contributed by atoms with Crippen LogP contribution in [0.2, 0.25) is 0 Å². The van der Waals surface area contributed by atoms with Crippen molar-refractivity contribution >= 4 is 15.8 Å². The molecule has 2 aromatic heterocycles. The van der Waals surface area contributed by atoms with Crippen molar-refractivity contribution in [2.45, 2.75) is 5.03 Å². The minimum atomic E-state index is -3.74. The molecular formula is C7H7N5O3S. The van der Waals surface area contributed by atoms with Gasteiger partial charge in [-0.05, 0) is 6.07 Å². The van der Waals surface area contributed by atoms with E-state index in [1.807, 2.05) is 0 Å². The molecule has 9 heteroatoms. The lowest BCUT2D eigenvalue weighted by atomic mass is 10.5. The maximum absolute atomic E-state index is 11.6. The molecule has 84 valence electrons. The number of sulfonamides is 1. The number of aromatic nitrogens is 4. The van der Waals surface area contributed by atoms with Crippen molar-refractivity contribution in [2.75, 3.05) is 4.72 Å². The SMILES string of the molecule is O=c1ccc(NS(=O)(=O)c2cnc[nH]2)n[nH]1. The highest BCUT2D eigenvalue weighted by molar-refractivity contribution is 7.92. The van der Waals surface area contributed by atoms with E-state index in [-0.39, 0.29) is 10.8 Å². The number of H-pyrrole nitrogens is 2. The molecule has 0 atom stereocenters. The van der Waals surface area contributed by atoms with E-state index in [0.717, 1.165) is 12.3 Å². The predicted octanol–water partition coefficient (Wildman–Crippen LogP) is -0.706. The average molecular weight is 241 g/mol. The summed E-state index contributed by atoms with van der Waals surface area (Å²) in [6.45, 7) is 0. The van der Waals surface area contributed by atoms with Crippen LogP contribution in [0.4, 0.5) is 5.82 Å². The number of anilines is 1. The molecule has 0 amide bonds. The average Bonchev–Trinajstić information content (AvgIpc) is 2.75. The van der Waals surface area contributed by atoms with Gasteiger partial charge in [0.15, 0.2) is 10.8 Å². The van der Waals surface area contributed by atoms with Crippen LogP contribution >= 0.6 is 0 Å². The Kier molecular flexibility index (Phi) is 2.44. The summed E-state index contributed by atoms with van der Waals surface area (Å²) >= 11 is 0. The molecule has 0 saturated carbocycles. The molecule has 2 aromatic rings. The van der Waals surface area contributed by atoms with Crippen LogP contribution in [0.25, 0.3) is 0 Å². The highest BCUT2D eigenvalue weighted by Gasteiger charge is 2.15. The smallest absolute Gasteiger partial charge is 0.280 e. The molecule has 0 aliphatic rings. The monoisotopic (exact) mass is 241 g/mol. The van der Waals surface area contributed by atoms with Crippen LogP contribution in [0, 0.1) is 0 Å². The van der Waals surface area contributed by atoms with Gasteiger partial charge < -0.3 is 4.98 Å². The Bertz CT molecular complexity index is 610. The first-order valence-corrected chi connectivity index (χ1v) is 5.63. The van der Waals surface area contributed by atoms with Gasteiger partial charge in [-0.1, -0.05) is 0 Å². The van der Waals surface area contributed by atoms with Gasteiger partial charge in [-0.25, -0.2) is 10.1 Å². The lowest BCUT2D eigenvalue weighted by molar-refractivity contribution is 0.598. The third-order valence-corrected chi connectivity index (χ3v) is 2.96. The number of hydrogen-bond acceptors (Lipinski definition) is 5. The summed E-state index contributed by atoms with van der Waals surface area (Å²) in [4.78, 5) is 16.7. The Labute approximate surface area is 89.8 Å². The summed E-state index contributed by atoms with van der Waals surface area (Å²) in [5.41, 5.74) is -0.413. The fraction of sp³-hybridized carbons (Fsp3) is 0. The van der Waals surface area contributed by atoms with Crippen molar-refractivity contribution in [3.05, 3.63) is 35.0 Å². The van der Waals surface area contributed by atoms with E-state index in [0.29, 0.717) is 0 Å². The standard InChI is InChI=1S/C7H7N5O3S/c13-6-2-1-5(10-11-6)12-16(14,15)7-3-8-4-9-7/h1-4H,(H,8,9)(H,10,12)(H,11,13). The van der Waals surface area contributed by atoms with Crippen LogP contribution in [0.15, 0.2) is 34.5 Å². The van der Waals surface area contributed by atoms with Crippen molar-refractivity contribution in [3.63, 3.8) is 0 Å². The zero-order valence-electron chi connectivity index (χ0n) is 7.84. The fourth-order valence-corrected chi connectivity index (χ4v) is 1.89. The number of nitrogens with zero attached hydrogens (tertiary/aromatic N) is 2. The third-order valence-electron chi connectivity index (χ3n) is 1.68. The van der Waals surface area contributed by atoms with Crippen LogP contribution in [0.1, 0.15) is 0 Å². The summed E-state index contributed by atoms with van der Waals surface area (Å²) in [7, 11) is -3.74. The topological polar surface area (TPSA) is 121 Å². The van der Waals surface area contributed by atoms with Crippen molar-refractivity contribution in [1.29, 1.82) is 0 Å². The molecule has 0 aliphatic carbocycles. The molecule has 0 bridgehead atoms. The number of hydrogen-bond donors (Lipinski definition) is 3. The van der Waals surface area contributed by atoms with Crippen molar-refractivity contribution in [1.82, 2.24) is 20.2 Å². The lowest BCUT2D eigenvalue weighted by Gasteiger charge is -2.03. The quantitative estimate of drug-likeness (QED) is 0.655. The zero-order chi connectivity index (χ0) is 11.6. The van der Waals surface area contributed by atoms with E-state index in [2.05, 4.69) is 24.9 Å². The molecule has 0 unspecified atom stereocenters. The van der Waals surface area contributed by atoms with E-state index >= 15 is 0 Å². The maximum Gasteiger partial charge on any atom is 0.280 e. The summed E-state index contributed by atoms with van der Waals surface area (Å²) in [5, 5.41) is 5.54. The molecular weight excluding hydrogens is 234 g/mol. The Morgan fingerprint density at radius 1 is 1.31 bits per heavy atom. The van der Waals surface area contributed by atoms with Gasteiger partial charge in [0.2, 0.25) is 0 Å². The second kappa shape index (κ2) is 3.77. The molecule has 3 N–H and O–H groups in total. The molecule has 0 radical (unpaired) electrons. The first-order chi connectivity index (χ1) is 7.58. The van der Waals surface area contributed by atoms with Crippen LogP contribution < -0.4 is 10.3 Å². The summed E-state index contributed by atoms with van der Waals surface area (Å²) in [5.74, 6) is 0.0224. The highest BCUT2D eigenvalue weighted by atomic mass is 32.2. The first-order valence-electron chi connectivity index (χ1n) is 4.15. The zero-order valence-corrected chi connectivity index (χ0v) is 8.65. The third kappa shape index (κ3) is 2.08. The summed E-state index contributed by atoms with van der Waals surface area (Å²) < 4.78 is 25.4. The van der Waals surface area contributed by atoms with E-state index in [9.17, 15) is 13.2 Å². The van der Waals surface area contributed by atoms with Crippen LogP contribution in [-0.2, 0) is 10.0 Å². The Morgan fingerprint density at radius 2 is 2.12 bits per heavy atom. The van der Waals surface area contributed by atoms with Crippen LogP contribution in [-0.4, -0.2) is 28.6 Å². The Balaban J connectivity index is 2.28. The van der Waals surface area contributed by atoms with Gasteiger partial charge >= 0.3 is 0 Å². The van der Waals surface area contributed by atoms with Gasteiger partial charge in [-0.15, -0.1) is 0 Å². The second-order valence-corrected chi connectivity index (χ2v) is 4.48. The molecule has 16 heavy (non-hydrogen) atoms. The van der Waals surface area contributed by atoms with Crippen molar-refractivity contribution < 1.29 is 8.42 Å². The Hall–Kier alpha value is -2.16. The summed E-state index contributed by atoms with van der Waals surface area (Å²) in [6.07, 6.45) is 2.41. The van der Waals surface area contributed by atoms with Gasteiger partial charge in [0.05, 0.1) is 12.5 Å². The first kappa shape index (κ1) is 10.4. The molecule has 0 saturated heterocycles. The van der Waals surface area contributed by atoms with E-state index < -0.39 is 15.6 Å². The van der Waals surface area contributed by atoms with Crippen molar-refractivity contribution in [2.24, 2.45) is 0 Å². The molecule has 2 heterocycles.